The number of hydrogen-bond donors (Lipinski definition) is 2. The second-order valence-corrected chi connectivity index (χ2v) is 5.05. The zero-order chi connectivity index (χ0) is 10.7. The van der Waals surface area contributed by atoms with Gasteiger partial charge in [0.15, 0.2) is 0 Å². The van der Waals surface area contributed by atoms with Gasteiger partial charge in [0.25, 0.3) is 0 Å². The van der Waals surface area contributed by atoms with Gasteiger partial charge in [-0.1, -0.05) is 24.3 Å². The average molecular weight is 223 g/mol. The maximum absolute atomic E-state index is 9.26. The van der Waals surface area contributed by atoms with Crippen molar-refractivity contribution < 1.29 is 5.11 Å². The third kappa shape index (κ3) is 2.74. The van der Waals surface area contributed by atoms with E-state index in [0.29, 0.717) is 12.6 Å². The molecule has 0 radical (unpaired) electrons. The van der Waals surface area contributed by atoms with E-state index in [1.807, 2.05) is 18.7 Å². The van der Waals surface area contributed by atoms with Crippen molar-refractivity contribution in [2.45, 2.75) is 24.8 Å². The number of aliphatic hydroxyl groups excluding tert-OH is 1. The van der Waals surface area contributed by atoms with Crippen LogP contribution in [-0.4, -0.2) is 23.5 Å². The highest BCUT2D eigenvalue weighted by Gasteiger charge is 2.19. The summed E-state index contributed by atoms with van der Waals surface area (Å²) in [6.07, 6.45) is -0.274. The van der Waals surface area contributed by atoms with Gasteiger partial charge in [-0.2, -0.15) is 11.8 Å². The van der Waals surface area contributed by atoms with Crippen molar-refractivity contribution in [2.75, 3.05) is 12.3 Å². The Morgan fingerprint density at radius 2 is 2.33 bits per heavy atom. The van der Waals surface area contributed by atoms with E-state index in [9.17, 15) is 5.11 Å². The lowest BCUT2D eigenvalue weighted by atomic mass is 10.0. The lowest BCUT2D eigenvalue weighted by Crippen LogP contribution is -2.32. The van der Waals surface area contributed by atoms with Crippen molar-refractivity contribution in [3.8, 4) is 0 Å². The van der Waals surface area contributed by atoms with E-state index in [1.165, 1.54) is 11.1 Å². The fraction of sp³-hybridized carbons (Fsp3) is 0.500. The van der Waals surface area contributed by atoms with Crippen LogP contribution >= 0.6 is 11.8 Å². The third-order valence-corrected chi connectivity index (χ3v) is 3.72. The molecule has 2 N–H and O–H groups in total. The van der Waals surface area contributed by atoms with E-state index in [2.05, 4.69) is 29.6 Å². The smallest absolute Gasteiger partial charge is 0.0636 e. The molecule has 3 heteroatoms. The van der Waals surface area contributed by atoms with Crippen molar-refractivity contribution in [1.29, 1.82) is 0 Å². The number of fused-ring (bicyclic) bond motifs is 1. The summed E-state index contributed by atoms with van der Waals surface area (Å²) in [7, 11) is 0. The number of rotatable bonds is 3. The van der Waals surface area contributed by atoms with Crippen molar-refractivity contribution >= 4 is 11.8 Å². The highest BCUT2D eigenvalue weighted by molar-refractivity contribution is 7.98. The minimum atomic E-state index is -0.274. The molecule has 0 aliphatic carbocycles. The molecular formula is C12H17NOS. The Morgan fingerprint density at radius 1 is 1.53 bits per heavy atom. The predicted octanol–water partition coefficient (Wildman–Crippen LogP) is 1.94. The molecule has 82 valence electrons. The van der Waals surface area contributed by atoms with E-state index < -0.39 is 0 Å². The zero-order valence-electron chi connectivity index (χ0n) is 8.94. The van der Waals surface area contributed by atoms with Crippen molar-refractivity contribution in [3.63, 3.8) is 0 Å². The average Bonchev–Trinajstić information content (AvgIpc) is 2.26. The standard InChI is InChI=1S/C12H17NOS/c1-9(14)6-13-12-8-15-7-10-4-2-3-5-11(10)12/h2-5,9,12-14H,6-8H2,1H3/t9-,12?/m0/s1. The van der Waals surface area contributed by atoms with E-state index in [1.54, 1.807) is 0 Å². The molecule has 2 rings (SSSR count). The Balaban J connectivity index is 2.08. The van der Waals surface area contributed by atoms with Gasteiger partial charge in [-0.15, -0.1) is 0 Å². The Labute approximate surface area is 95.1 Å². The van der Waals surface area contributed by atoms with Crippen LogP contribution in [0.2, 0.25) is 0 Å². The fourth-order valence-corrected chi connectivity index (χ4v) is 3.00. The molecule has 0 saturated heterocycles. The molecule has 2 atom stereocenters. The lowest BCUT2D eigenvalue weighted by molar-refractivity contribution is 0.187. The number of hydrogen-bond acceptors (Lipinski definition) is 3. The molecule has 1 aliphatic heterocycles. The maximum atomic E-state index is 9.26. The molecular weight excluding hydrogens is 206 g/mol. The van der Waals surface area contributed by atoms with Gasteiger partial charge < -0.3 is 10.4 Å². The van der Waals surface area contributed by atoms with Gasteiger partial charge >= 0.3 is 0 Å². The molecule has 0 fully saturated rings. The highest BCUT2D eigenvalue weighted by Crippen LogP contribution is 2.31. The van der Waals surface area contributed by atoms with Crippen LogP contribution in [0, 0.1) is 0 Å². The van der Waals surface area contributed by atoms with Crippen LogP contribution in [0.15, 0.2) is 24.3 Å². The number of nitrogens with one attached hydrogen (secondary N) is 1. The topological polar surface area (TPSA) is 32.3 Å². The summed E-state index contributed by atoms with van der Waals surface area (Å²) in [6, 6.07) is 8.96. The van der Waals surface area contributed by atoms with E-state index in [-0.39, 0.29) is 6.10 Å². The zero-order valence-corrected chi connectivity index (χ0v) is 9.76. The second-order valence-electron chi connectivity index (χ2n) is 4.02. The van der Waals surface area contributed by atoms with E-state index in [4.69, 9.17) is 0 Å². The number of aliphatic hydroxyl groups is 1. The minimum absolute atomic E-state index is 0.274. The van der Waals surface area contributed by atoms with Crippen LogP contribution in [0.3, 0.4) is 0 Å². The number of benzene rings is 1. The number of thioether (sulfide) groups is 1. The molecule has 1 aliphatic rings. The van der Waals surface area contributed by atoms with Crippen LogP contribution in [0.5, 0.6) is 0 Å². The van der Waals surface area contributed by atoms with Crippen LogP contribution < -0.4 is 5.32 Å². The lowest BCUT2D eigenvalue weighted by Gasteiger charge is -2.26. The molecule has 2 nitrogen and oxygen atoms in total. The van der Waals surface area contributed by atoms with Gasteiger partial charge in [-0.05, 0) is 18.1 Å². The first-order chi connectivity index (χ1) is 7.27. The summed E-state index contributed by atoms with van der Waals surface area (Å²) < 4.78 is 0. The van der Waals surface area contributed by atoms with Crippen LogP contribution in [0.4, 0.5) is 0 Å². The Kier molecular flexibility index (Phi) is 3.67. The Hall–Kier alpha value is -0.510. The molecule has 1 heterocycles. The molecule has 1 aromatic rings. The Bertz CT molecular complexity index is 327. The van der Waals surface area contributed by atoms with Gasteiger partial charge in [0.1, 0.15) is 0 Å². The van der Waals surface area contributed by atoms with E-state index >= 15 is 0 Å². The molecule has 0 bridgehead atoms. The summed E-state index contributed by atoms with van der Waals surface area (Å²) in [5, 5.41) is 12.7. The molecule has 0 spiro atoms. The first kappa shape index (κ1) is 11.0. The fourth-order valence-electron chi connectivity index (χ4n) is 1.86. The van der Waals surface area contributed by atoms with Crippen molar-refractivity contribution in [3.05, 3.63) is 35.4 Å². The summed E-state index contributed by atoms with van der Waals surface area (Å²) >= 11 is 1.95. The second kappa shape index (κ2) is 5.01. The minimum Gasteiger partial charge on any atom is -0.392 e. The summed E-state index contributed by atoms with van der Waals surface area (Å²) in [6.45, 7) is 2.48. The van der Waals surface area contributed by atoms with Crippen molar-refractivity contribution in [1.82, 2.24) is 5.32 Å². The van der Waals surface area contributed by atoms with Gasteiger partial charge in [-0.3, -0.25) is 0 Å². The summed E-state index contributed by atoms with van der Waals surface area (Å²) in [4.78, 5) is 0. The Morgan fingerprint density at radius 3 is 3.13 bits per heavy atom. The maximum Gasteiger partial charge on any atom is 0.0636 e. The molecule has 15 heavy (non-hydrogen) atoms. The molecule has 0 saturated carbocycles. The SMILES string of the molecule is C[C@H](O)CNC1CSCc2ccccc21. The van der Waals surface area contributed by atoms with Gasteiger partial charge in [-0.25, -0.2) is 0 Å². The van der Waals surface area contributed by atoms with Crippen LogP contribution in [-0.2, 0) is 5.75 Å². The van der Waals surface area contributed by atoms with Gasteiger partial charge in [0, 0.05) is 24.1 Å². The van der Waals surface area contributed by atoms with Crippen LogP contribution in [0.25, 0.3) is 0 Å². The summed E-state index contributed by atoms with van der Waals surface area (Å²) in [5.74, 6) is 2.22. The largest absolute Gasteiger partial charge is 0.392 e. The molecule has 1 aromatic carbocycles. The van der Waals surface area contributed by atoms with Gasteiger partial charge in [0.2, 0.25) is 0 Å². The quantitative estimate of drug-likeness (QED) is 0.821. The first-order valence-electron chi connectivity index (χ1n) is 5.34. The third-order valence-electron chi connectivity index (χ3n) is 2.63. The van der Waals surface area contributed by atoms with E-state index in [0.717, 1.165) is 11.5 Å². The normalized spacial score (nSPS) is 22.1. The van der Waals surface area contributed by atoms with Crippen molar-refractivity contribution in [2.24, 2.45) is 0 Å². The molecule has 1 unspecified atom stereocenters. The van der Waals surface area contributed by atoms with Gasteiger partial charge in [0.05, 0.1) is 6.10 Å². The molecule has 0 aromatic heterocycles. The van der Waals surface area contributed by atoms with Crippen LogP contribution in [0.1, 0.15) is 24.1 Å². The monoisotopic (exact) mass is 223 g/mol. The molecule has 0 amide bonds. The first-order valence-corrected chi connectivity index (χ1v) is 6.50. The highest BCUT2D eigenvalue weighted by atomic mass is 32.2. The predicted molar refractivity (Wildman–Crippen MR) is 65.0 cm³/mol. The summed E-state index contributed by atoms with van der Waals surface area (Å²) in [5.41, 5.74) is 2.83.